The Balaban J connectivity index is 4.93. The Bertz CT molecular complexity index is 1880. The predicted molar refractivity (Wildman–Crippen MR) is 468 cm³/mol. The lowest BCUT2D eigenvalue weighted by atomic mass is 9.75. The molecule has 10 nitrogen and oxygen atoms in total. The Kier molecular flexibility index (Phi) is 79.7. The second-order valence-electron chi connectivity index (χ2n) is 35.6. The molecule has 0 fully saturated rings. The monoisotopic (exact) mass is 1530 g/mol. The molecule has 0 aliphatic carbocycles. The van der Waals surface area contributed by atoms with Crippen LogP contribution in [0, 0.1) is 47.3 Å². The zero-order valence-corrected chi connectivity index (χ0v) is 75.1. The van der Waals surface area contributed by atoms with Gasteiger partial charge in [0.1, 0.15) is 0 Å². The van der Waals surface area contributed by atoms with Crippen LogP contribution in [0.25, 0.3) is 0 Å². The molecular weight excluding hydrogens is 1330 g/mol. The number of carbonyl (C=O) groups is 4. The van der Waals surface area contributed by atoms with Gasteiger partial charge >= 0.3 is 23.9 Å². The second-order valence-corrected chi connectivity index (χ2v) is 35.6. The molecule has 6 atom stereocenters. The zero-order chi connectivity index (χ0) is 79.2. The Hall–Kier alpha value is -2.20. The highest BCUT2D eigenvalue weighted by Gasteiger charge is 2.26. The van der Waals surface area contributed by atoms with Gasteiger partial charge in [0.15, 0.2) is 0 Å². The first-order valence-electron chi connectivity index (χ1n) is 48.6. The van der Waals surface area contributed by atoms with Gasteiger partial charge in [-0.15, -0.1) is 0 Å². The van der Waals surface area contributed by atoms with Crippen LogP contribution in [-0.2, 0) is 38.1 Å². The minimum atomic E-state index is 0.00129. The maximum absolute atomic E-state index is 13.2. The molecule has 0 saturated heterocycles. The van der Waals surface area contributed by atoms with Gasteiger partial charge in [-0.1, -0.05) is 383 Å². The highest BCUT2D eigenvalue weighted by atomic mass is 16.5. The fraction of sp³-hybridized carbons (Fsp3) is 0.959. The van der Waals surface area contributed by atoms with Gasteiger partial charge in [0, 0.05) is 25.7 Å². The number of ether oxygens (including phenoxy) is 4. The molecule has 0 heterocycles. The first-order valence-corrected chi connectivity index (χ1v) is 48.6. The van der Waals surface area contributed by atoms with E-state index in [4.69, 9.17) is 18.9 Å². The van der Waals surface area contributed by atoms with Gasteiger partial charge in [0.05, 0.1) is 26.4 Å². The second kappa shape index (κ2) is 81.4. The van der Waals surface area contributed by atoms with E-state index < -0.39 is 0 Å². The largest absolute Gasteiger partial charge is 0.466 e. The normalized spacial score (nSPS) is 13.6. The molecule has 0 amide bonds. The van der Waals surface area contributed by atoms with Crippen LogP contribution in [0.15, 0.2) is 0 Å². The van der Waals surface area contributed by atoms with E-state index in [0.29, 0.717) is 87.6 Å². The Morgan fingerprint density at radius 1 is 0.213 bits per heavy atom. The quantitative estimate of drug-likeness (QED) is 0.0331. The van der Waals surface area contributed by atoms with E-state index >= 15 is 0 Å². The van der Waals surface area contributed by atoms with Crippen molar-refractivity contribution in [1.82, 2.24) is 9.80 Å². The van der Waals surface area contributed by atoms with Crippen LogP contribution in [0.4, 0.5) is 0 Å². The van der Waals surface area contributed by atoms with Crippen molar-refractivity contribution in [3.8, 4) is 0 Å². The van der Waals surface area contributed by atoms with Gasteiger partial charge in [-0.3, -0.25) is 19.2 Å². The molecule has 0 aromatic heterocycles. The van der Waals surface area contributed by atoms with Crippen LogP contribution in [0.2, 0.25) is 0 Å². The van der Waals surface area contributed by atoms with E-state index in [9.17, 15) is 19.2 Å². The molecule has 0 spiro atoms. The number of esters is 4. The lowest BCUT2D eigenvalue weighted by molar-refractivity contribution is -0.145. The summed E-state index contributed by atoms with van der Waals surface area (Å²) in [7, 11) is 8.75. The third-order valence-corrected chi connectivity index (χ3v) is 24.8. The van der Waals surface area contributed by atoms with Crippen molar-refractivity contribution in [3.05, 3.63) is 0 Å². The number of hydrogen-bond acceptors (Lipinski definition) is 10. The van der Waals surface area contributed by atoms with Crippen molar-refractivity contribution in [3.63, 3.8) is 0 Å². The summed E-state index contributed by atoms with van der Waals surface area (Å²) < 4.78 is 23.5. The summed E-state index contributed by atoms with van der Waals surface area (Å²) in [6, 6.07) is 0. The van der Waals surface area contributed by atoms with Crippen LogP contribution in [-0.4, -0.2) is 101 Å². The van der Waals surface area contributed by atoms with Crippen molar-refractivity contribution in [2.24, 2.45) is 47.3 Å². The molecule has 0 aromatic carbocycles. The van der Waals surface area contributed by atoms with Gasteiger partial charge in [-0.2, -0.15) is 0 Å². The summed E-state index contributed by atoms with van der Waals surface area (Å²) in [5, 5.41) is 0. The van der Waals surface area contributed by atoms with Crippen molar-refractivity contribution < 1.29 is 38.1 Å². The van der Waals surface area contributed by atoms with Crippen molar-refractivity contribution in [2.45, 2.75) is 492 Å². The molecule has 10 heteroatoms. The highest BCUT2D eigenvalue weighted by molar-refractivity contribution is 5.70. The number of hydrogen-bond donors (Lipinski definition) is 0. The standard InChI is InChI=1S/C98H192N2O8/c1-13-21-40-58-89(59-41-22-14-2)76-82-105-95(101)70-51-35-27-31-46-63-87(67-50-39-55-80-99(9)10)64-47-32-28-36-54-73-98(104)108-85-79-92(68-45-26-18-6)86-94(57-19-7)93(20-8)75-74-91(62-44-25-17-5)78-84-107-97(103)72-53-38-30-34-49-66-88(69-56-81-100(11)12)65-48-33-29-37-52-71-96(102)106-83-77-90(60-42-23-15-3)61-43-24-16-4/h87-94H,13-86H2,1-12H3. The van der Waals surface area contributed by atoms with E-state index in [0.717, 1.165) is 95.4 Å². The highest BCUT2D eigenvalue weighted by Crippen LogP contribution is 2.37. The minimum absolute atomic E-state index is 0.00129. The third-order valence-electron chi connectivity index (χ3n) is 24.8. The minimum Gasteiger partial charge on any atom is -0.466 e. The molecule has 108 heavy (non-hydrogen) atoms. The predicted octanol–water partition coefficient (Wildman–Crippen LogP) is 29.9. The average molecular weight is 1530 g/mol. The average Bonchev–Trinajstić information content (AvgIpc) is 0.895. The zero-order valence-electron chi connectivity index (χ0n) is 75.1. The topological polar surface area (TPSA) is 112 Å². The van der Waals surface area contributed by atoms with Gasteiger partial charge in [-0.05, 0) is 172 Å². The fourth-order valence-corrected chi connectivity index (χ4v) is 17.5. The van der Waals surface area contributed by atoms with Gasteiger partial charge < -0.3 is 28.7 Å². The molecule has 0 aliphatic heterocycles. The van der Waals surface area contributed by atoms with Crippen molar-refractivity contribution in [2.75, 3.05) is 67.7 Å². The Labute approximate surface area is 675 Å². The first kappa shape index (κ1) is 106. The number of rotatable bonds is 87. The van der Waals surface area contributed by atoms with Crippen LogP contribution < -0.4 is 0 Å². The molecule has 0 radical (unpaired) electrons. The molecule has 0 bridgehead atoms. The van der Waals surface area contributed by atoms with Gasteiger partial charge in [0.25, 0.3) is 0 Å². The maximum Gasteiger partial charge on any atom is 0.305 e. The van der Waals surface area contributed by atoms with E-state index in [1.807, 2.05) is 0 Å². The molecule has 0 saturated carbocycles. The Morgan fingerprint density at radius 3 is 0.731 bits per heavy atom. The summed E-state index contributed by atoms with van der Waals surface area (Å²) in [6.07, 6.45) is 81.1. The maximum atomic E-state index is 13.2. The summed E-state index contributed by atoms with van der Waals surface area (Å²) in [5.41, 5.74) is 0. The summed E-state index contributed by atoms with van der Waals surface area (Å²) in [5.74, 6) is 5.68. The lowest BCUT2D eigenvalue weighted by Crippen LogP contribution is -2.21. The SMILES string of the molecule is CCCCCC(CCCCC)CCOC(=O)CCCCCCCC(CCCCCCCC(=O)OCCC(CCCCC)CC(CCC)C(CC)CCC(CCCCC)CCOC(=O)CCCCCCCC(CCCCCCCC(=O)OCCC(CCCCC)CCCCC)CCCN(C)C)CCCCCN(C)C. The molecule has 0 rings (SSSR count). The van der Waals surface area contributed by atoms with Crippen LogP contribution in [0.1, 0.15) is 492 Å². The van der Waals surface area contributed by atoms with E-state index in [1.54, 1.807) is 0 Å². The van der Waals surface area contributed by atoms with Gasteiger partial charge in [-0.25, -0.2) is 0 Å². The fourth-order valence-electron chi connectivity index (χ4n) is 17.5. The molecule has 642 valence electrons. The molecule has 6 unspecified atom stereocenters. The van der Waals surface area contributed by atoms with Crippen LogP contribution in [0.5, 0.6) is 0 Å². The van der Waals surface area contributed by atoms with Crippen molar-refractivity contribution >= 4 is 23.9 Å². The smallest absolute Gasteiger partial charge is 0.305 e. The molecular formula is C98H192N2O8. The molecule has 0 aliphatic rings. The first-order chi connectivity index (χ1) is 52.7. The van der Waals surface area contributed by atoms with E-state index in [2.05, 4.69) is 93.4 Å². The summed E-state index contributed by atoms with van der Waals surface area (Å²) in [6.45, 7) is 23.2. The number of unbranched alkanes of at least 4 members (excludes halogenated alkanes) is 30. The van der Waals surface area contributed by atoms with Gasteiger partial charge in [0.2, 0.25) is 0 Å². The number of carbonyl (C=O) groups excluding carboxylic acids is 4. The van der Waals surface area contributed by atoms with Crippen LogP contribution in [0.3, 0.4) is 0 Å². The Morgan fingerprint density at radius 2 is 0.444 bits per heavy atom. The summed E-state index contributed by atoms with van der Waals surface area (Å²) in [4.78, 5) is 56.1. The molecule has 0 N–H and O–H groups in total. The number of nitrogens with zero attached hydrogens (tertiary/aromatic N) is 2. The van der Waals surface area contributed by atoms with Crippen LogP contribution >= 0.6 is 0 Å². The summed E-state index contributed by atoms with van der Waals surface area (Å²) >= 11 is 0. The molecule has 0 aromatic rings. The van der Waals surface area contributed by atoms with Crippen molar-refractivity contribution in [1.29, 1.82) is 0 Å². The third kappa shape index (κ3) is 71.6. The lowest BCUT2D eigenvalue weighted by Gasteiger charge is -2.31. The van der Waals surface area contributed by atoms with E-state index in [1.165, 1.54) is 340 Å². The van der Waals surface area contributed by atoms with E-state index in [-0.39, 0.29) is 23.9 Å².